The minimum Gasteiger partial charge on any atom is -0.497 e. The number of nitrogens with one attached hydrogen (secondary N) is 1. The molecule has 4 rings (SSSR count). The number of nitrogens with two attached hydrogens (primary N) is 1. The van der Waals surface area contributed by atoms with Crippen molar-refractivity contribution >= 4 is 23.6 Å². The second kappa shape index (κ2) is 13.9. The Morgan fingerprint density at radius 1 is 1.07 bits per heavy atom. The van der Waals surface area contributed by atoms with Gasteiger partial charge in [0.15, 0.2) is 6.34 Å². The Kier molecular flexibility index (Phi) is 10.6. The number of carbonyl (C=O) groups is 1. The summed E-state index contributed by atoms with van der Waals surface area (Å²) >= 11 is 1.30. The molecular weight excluding hydrogens is 543 g/mol. The van der Waals surface area contributed by atoms with Crippen molar-refractivity contribution < 1.29 is 18.8 Å². The molecule has 2 heterocycles. The van der Waals surface area contributed by atoms with Crippen molar-refractivity contribution in [1.82, 2.24) is 15.3 Å². The van der Waals surface area contributed by atoms with Crippen LogP contribution < -0.4 is 20.6 Å². The minimum atomic E-state index is -2.97. The van der Waals surface area contributed by atoms with Crippen LogP contribution >= 0.6 is 17.7 Å². The van der Waals surface area contributed by atoms with E-state index in [1.54, 1.807) is 13.8 Å². The minimum absolute atomic E-state index is 0.147. The van der Waals surface area contributed by atoms with Crippen LogP contribution in [-0.2, 0) is 9.36 Å². The van der Waals surface area contributed by atoms with Crippen LogP contribution in [0.4, 0.5) is 0 Å². The Morgan fingerprint density at radius 2 is 1.75 bits per heavy atom. The zero-order valence-electron chi connectivity index (χ0n) is 23.9. The van der Waals surface area contributed by atoms with E-state index in [9.17, 15) is 9.36 Å². The molecule has 2 aromatic carbocycles. The summed E-state index contributed by atoms with van der Waals surface area (Å²) in [4.78, 5) is 15.8. The maximum Gasteiger partial charge on any atom is 0.231 e. The molecule has 3 N–H and O–H groups in total. The normalized spacial score (nSPS) is 20.3. The maximum atomic E-state index is 14.0. The lowest BCUT2D eigenvalue weighted by Crippen LogP contribution is -2.51. The summed E-state index contributed by atoms with van der Waals surface area (Å²) in [7, 11) is 1.67. The van der Waals surface area contributed by atoms with E-state index in [0.717, 1.165) is 61.8 Å². The summed E-state index contributed by atoms with van der Waals surface area (Å²) in [6.07, 6.45) is 5.47. The van der Waals surface area contributed by atoms with Crippen molar-refractivity contribution in [3.63, 3.8) is 0 Å². The van der Waals surface area contributed by atoms with Crippen molar-refractivity contribution in [1.29, 1.82) is 0 Å². The number of piperidine rings is 1. The molecule has 0 bridgehead atoms. The zero-order valence-corrected chi connectivity index (χ0v) is 25.6. The first kappa shape index (κ1) is 30.5. The van der Waals surface area contributed by atoms with Gasteiger partial charge < -0.3 is 29.7 Å². The fraction of sp³-hybridized carbons (Fsp3) is 0.500. The van der Waals surface area contributed by atoms with E-state index in [1.807, 2.05) is 36.4 Å². The largest absolute Gasteiger partial charge is 0.497 e. The highest BCUT2D eigenvalue weighted by molar-refractivity contribution is 8.58. The molecule has 218 valence electrons. The molecule has 0 spiro atoms. The van der Waals surface area contributed by atoms with Crippen LogP contribution in [0.3, 0.4) is 0 Å². The Morgan fingerprint density at radius 3 is 2.38 bits per heavy atom. The van der Waals surface area contributed by atoms with E-state index in [-0.39, 0.29) is 6.04 Å². The number of amides is 1. The average Bonchev–Trinajstić information content (AvgIpc) is 3.44. The van der Waals surface area contributed by atoms with Gasteiger partial charge in [0.25, 0.3) is 0 Å². The van der Waals surface area contributed by atoms with E-state index in [1.165, 1.54) is 16.9 Å². The van der Waals surface area contributed by atoms with Crippen molar-refractivity contribution in [2.24, 2.45) is 5.73 Å². The molecule has 2 aromatic rings. The van der Waals surface area contributed by atoms with E-state index < -0.39 is 17.4 Å². The first-order chi connectivity index (χ1) is 19.3. The van der Waals surface area contributed by atoms with Crippen LogP contribution in [0.25, 0.3) is 0 Å². The van der Waals surface area contributed by atoms with Gasteiger partial charge in [0, 0.05) is 24.1 Å². The van der Waals surface area contributed by atoms with E-state index >= 15 is 0 Å². The van der Waals surface area contributed by atoms with Gasteiger partial charge in [-0.05, 0) is 93.6 Å². The molecule has 2 atom stereocenters. The molecule has 2 aliphatic heterocycles. The van der Waals surface area contributed by atoms with E-state index in [2.05, 4.69) is 46.7 Å². The van der Waals surface area contributed by atoms with Crippen LogP contribution in [-0.4, -0.2) is 67.5 Å². The first-order valence-corrected chi connectivity index (χ1v) is 17.7. The number of hydrogen-bond donors (Lipinski definition) is 2. The van der Waals surface area contributed by atoms with Crippen LogP contribution in [0.2, 0.25) is 0 Å². The van der Waals surface area contributed by atoms with Crippen molar-refractivity contribution in [3.8, 4) is 11.5 Å². The third-order valence-electron chi connectivity index (χ3n) is 7.90. The predicted octanol–water partition coefficient (Wildman–Crippen LogP) is 5.66. The fourth-order valence-electron chi connectivity index (χ4n) is 5.28. The number of hydrazine groups is 1. The van der Waals surface area contributed by atoms with Gasteiger partial charge in [0.1, 0.15) is 16.7 Å². The van der Waals surface area contributed by atoms with Gasteiger partial charge in [-0.25, -0.2) is 5.43 Å². The highest BCUT2D eigenvalue weighted by atomic mass is 32.7. The number of methoxy groups -OCH3 is 1. The second-order valence-corrected chi connectivity index (χ2v) is 16.5. The summed E-state index contributed by atoms with van der Waals surface area (Å²) in [5, 5.41) is 1.12. The van der Waals surface area contributed by atoms with Crippen molar-refractivity contribution in [3.05, 3.63) is 66.4 Å². The van der Waals surface area contributed by atoms with Gasteiger partial charge in [0.05, 0.1) is 19.8 Å². The number of unbranched alkanes of at least 4 members (excludes halogenated alkanes) is 1. The maximum absolute atomic E-state index is 14.0. The smallest absolute Gasteiger partial charge is 0.231 e. The molecular formula is C30H43N4O4PS. The molecule has 1 fully saturated rings. The number of likely N-dealkylation sites (tertiary alicyclic amines) is 1. The lowest BCUT2D eigenvalue weighted by Gasteiger charge is -2.42. The highest BCUT2D eigenvalue weighted by Crippen LogP contribution is 2.70. The number of benzene rings is 2. The molecule has 0 aromatic heterocycles. The highest BCUT2D eigenvalue weighted by Gasteiger charge is 2.52. The number of primary amides is 1. The van der Waals surface area contributed by atoms with E-state index in [4.69, 9.17) is 15.2 Å². The van der Waals surface area contributed by atoms with Crippen molar-refractivity contribution in [2.45, 2.75) is 55.1 Å². The quantitative estimate of drug-likeness (QED) is 0.216. The van der Waals surface area contributed by atoms with Gasteiger partial charge in [-0.3, -0.25) is 4.79 Å². The molecule has 40 heavy (non-hydrogen) atoms. The Hall–Kier alpha value is -2.45. The number of nitrogens with zero attached hydrogens (tertiary/aromatic N) is 2. The predicted molar refractivity (Wildman–Crippen MR) is 163 cm³/mol. The molecule has 0 radical (unpaired) electrons. The van der Waals surface area contributed by atoms with Crippen LogP contribution in [0.1, 0.15) is 50.6 Å². The fourth-order valence-corrected chi connectivity index (χ4v) is 10.4. The Balaban J connectivity index is 1.22. The van der Waals surface area contributed by atoms with Crippen molar-refractivity contribution in [2.75, 3.05) is 46.6 Å². The molecule has 0 saturated carbocycles. The van der Waals surface area contributed by atoms with Crippen LogP contribution in [0.5, 0.6) is 11.5 Å². The number of rotatable bonds is 14. The summed E-state index contributed by atoms with van der Waals surface area (Å²) in [6.45, 7) is 7.85. The standard InChI is InChI=1S/C30H43N4O4PS/c1-4-5-18-33-21-16-30(17-22-33,29(31)35)39(3,36)40-27-13-11-26(12-14-27)38-23-6-19-34-20-15-28(32-34)24-7-9-25(37-2)10-8-24/h7-15,20,28,32H,4-6,16-19,21-23H2,1-3H3,(H2,31,35). The SMILES string of the molecule is CCCCN1CCC(C(N)=O)(P(C)(=O)Sc2ccc(OCCCN3C=CC(c4ccc(OC)cc4)N3)cc2)CC1. The molecule has 2 unspecified atom stereocenters. The molecule has 8 nitrogen and oxygen atoms in total. The third kappa shape index (κ3) is 7.43. The topological polar surface area (TPSA) is 97.1 Å². The van der Waals surface area contributed by atoms with Gasteiger partial charge in [0.2, 0.25) is 5.91 Å². The summed E-state index contributed by atoms with van der Waals surface area (Å²) in [5.74, 6) is 1.19. The number of hydrogen-bond acceptors (Lipinski definition) is 8. The lowest BCUT2D eigenvalue weighted by molar-refractivity contribution is -0.121. The van der Waals surface area contributed by atoms with Gasteiger partial charge in [-0.2, -0.15) is 0 Å². The molecule has 10 heteroatoms. The molecule has 1 amide bonds. The monoisotopic (exact) mass is 586 g/mol. The molecule has 1 saturated heterocycles. The summed E-state index contributed by atoms with van der Waals surface area (Å²) in [5.41, 5.74) is 10.6. The molecule has 0 aliphatic carbocycles. The second-order valence-electron chi connectivity index (χ2n) is 10.6. The Labute approximate surface area is 242 Å². The van der Waals surface area contributed by atoms with Gasteiger partial charge in [-0.1, -0.05) is 36.9 Å². The number of ether oxygens (including phenoxy) is 2. The third-order valence-corrected chi connectivity index (χ3v) is 13.7. The van der Waals surface area contributed by atoms with Crippen LogP contribution in [0.15, 0.2) is 65.7 Å². The lowest BCUT2D eigenvalue weighted by atomic mass is 9.94. The zero-order chi connectivity index (χ0) is 28.6. The van der Waals surface area contributed by atoms with Crippen LogP contribution in [0, 0.1) is 0 Å². The van der Waals surface area contributed by atoms with E-state index in [0.29, 0.717) is 19.4 Å². The van der Waals surface area contributed by atoms with Gasteiger partial charge in [-0.15, -0.1) is 0 Å². The number of carbonyl (C=O) groups excluding carboxylic acids is 1. The summed E-state index contributed by atoms with van der Waals surface area (Å²) in [6, 6.07) is 15.9. The Bertz CT molecular complexity index is 1180. The first-order valence-electron chi connectivity index (χ1n) is 14.1. The summed E-state index contributed by atoms with van der Waals surface area (Å²) < 4.78 is 25.2. The molecule has 2 aliphatic rings. The van der Waals surface area contributed by atoms with Gasteiger partial charge >= 0.3 is 0 Å². The average molecular weight is 587 g/mol.